The standard InChI is InChI=1S/C20H22N4O/c1-15-12-16(2)24(23-15)19-8-5-17(6-9-19)7-10-20(25)22-14-18-4-3-11-21-13-18/h3-6,8-9,11-13H,7,10,14H2,1-2H3,(H,22,25). The van der Waals surface area contributed by atoms with Crippen molar-refractivity contribution in [1.82, 2.24) is 20.1 Å². The second kappa shape index (κ2) is 7.75. The summed E-state index contributed by atoms with van der Waals surface area (Å²) in [6.07, 6.45) is 4.68. The Labute approximate surface area is 147 Å². The highest BCUT2D eigenvalue weighted by Gasteiger charge is 2.05. The van der Waals surface area contributed by atoms with Crippen molar-refractivity contribution >= 4 is 5.91 Å². The number of nitrogens with one attached hydrogen (secondary N) is 1. The van der Waals surface area contributed by atoms with E-state index in [2.05, 4.69) is 33.6 Å². The third kappa shape index (κ3) is 4.53. The molecule has 0 spiro atoms. The minimum Gasteiger partial charge on any atom is -0.352 e. The molecule has 0 saturated carbocycles. The van der Waals surface area contributed by atoms with E-state index < -0.39 is 0 Å². The Bertz CT molecular complexity index is 838. The third-order valence-corrected chi connectivity index (χ3v) is 4.04. The molecule has 0 saturated heterocycles. The molecule has 2 heterocycles. The van der Waals surface area contributed by atoms with E-state index in [1.54, 1.807) is 12.4 Å². The number of carbonyl (C=O) groups excluding carboxylic acids is 1. The largest absolute Gasteiger partial charge is 0.352 e. The van der Waals surface area contributed by atoms with Gasteiger partial charge in [-0.3, -0.25) is 9.78 Å². The summed E-state index contributed by atoms with van der Waals surface area (Å²) in [5.74, 6) is 0.0477. The molecule has 0 fully saturated rings. The molecule has 1 amide bonds. The Morgan fingerprint density at radius 2 is 1.92 bits per heavy atom. The van der Waals surface area contributed by atoms with Crippen molar-refractivity contribution in [3.05, 3.63) is 77.4 Å². The van der Waals surface area contributed by atoms with Gasteiger partial charge in [-0.05, 0) is 55.7 Å². The molecule has 3 aromatic rings. The van der Waals surface area contributed by atoms with Gasteiger partial charge in [0.1, 0.15) is 0 Å². The summed E-state index contributed by atoms with van der Waals surface area (Å²) < 4.78 is 1.93. The van der Waals surface area contributed by atoms with E-state index in [-0.39, 0.29) is 5.91 Å². The molecule has 0 bridgehead atoms. The lowest BCUT2D eigenvalue weighted by Crippen LogP contribution is -2.23. The number of aryl methyl sites for hydroxylation is 3. The molecule has 0 radical (unpaired) electrons. The zero-order valence-corrected chi connectivity index (χ0v) is 14.6. The molecular formula is C20H22N4O. The summed E-state index contributed by atoms with van der Waals surface area (Å²) in [6, 6.07) is 14.1. The average Bonchev–Trinajstić information content (AvgIpc) is 2.98. The van der Waals surface area contributed by atoms with E-state index in [1.807, 2.05) is 42.8 Å². The molecule has 1 N–H and O–H groups in total. The lowest BCUT2D eigenvalue weighted by Gasteiger charge is -2.07. The van der Waals surface area contributed by atoms with Crippen LogP contribution in [0.3, 0.4) is 0 Å². The Kier molecular flexibility index (Phi) is 5.23. The fourth-order valence-corrected chi connectivity index (χ4v) is 2.74. The summed E-state index contributed by atoms with van der Waals surface area (Å²) >= 11 is 0. The summed E-state index contributed by atoms with van der Waals surface area (Å²) in [5.41, 5.74) is 5.30. The lowest BCUT2D eigenvalue weighted by atomic mass is 10.1. The average molecular weight is 334 g/mol. The number of rotatable bonds is 6. The highest BCUT2D eigenvalue weighted by Crippen LogP contribution is 2.14. The fraction of sp³-hybridized carbons (Fsp3) is 0.250. The van der Waals surface area contributed by atoms with Gasteiger partial charge in [0.25, 0.3) is 0 Å². The van der Waals surface area contributed by atoms with Gasteiger partial charge in [0.2, 0.25) is 5.91 Å². The Morgan fingerprint density at radius 3 is 2.56 bits per heavy atom. The van der Waals surface area contributed by atoms with Crippen molar-refractivity contribution in [2.75, 3.05) is 0 Å². The zero-order valence-electron chi connectivity index (χ0n) is 14.6. The minimum absolute atomic E-state index is 0.0477. The van der Waals surface area contributed by atoms with E-state index in [0.717, 1.165) is 34.6 Å². The molecule has 2 aromatic heterocycles. The van der Waals surface area contributed by atoms with Gasteiger partial charge in [-0.25, -0.2) is 4.68 Å². The first-order valence-electron chi connectivity index (χ1n) is 8.40. The van der Waals surface area contributed by atoms with Crippen LogP contribution in [0.5, 0.6) is 0 Å². The van der Waals surface area contributed by atoms with Gasteiger partial charge in [0, 0.05) is 31.1 Å². The van der Waals surface area contributed by atoms with Crippen molar-refractivity contribution in [2.45, 2.75) is 33.2 Å². The van der Waals surface area contributed by atoms with Crippen LogP contribution in [0.25, 0.3) is 5.69 Å². The molecular weight excluding hydrogens is 312 g/mol. The van der Waals surface area contributed by atoms with E-state index in [4.69, 9.17) is 0 Å². The van der Waals surface area contributed by atoms with Crippen molar-refractivity contribution in [3.63, 3.8) is 0 Å². The normalized spacial score (nSPS) is 10.6. The minimum atomic E-state index is 0.0477. The SMILES string of the molecule is Cc1cc(C)n(-c2ccc(CCC(=O)NCc3cccnc3)cc2)n1. The summed E-state index contributed by atoms with van der Waals surface area (Å²) in [5, 5.41) is 7.41. The van der Waals surface area contributed by atoms with Crippen molar-refractivity contribution in [3.8, 4) is 5.69 Å². The van der Waals surface area contributed by atoms with E-state index in [1.165, 1.54) is 0 Å². The van der Waals surface area contributed by atoms with Crippen LogP contribution in [0.1, 0.15) is 28.9 Å². The van der Waals surface area contributed by atoms with Crippen LogP contribution < -0.4 is 5.32 Å². The quantitative estimate of drug-likeness (QED) is 0.753. The maximum atomic E-state index is 12.0. The first-order valence-corrected chi connectivity index (χ1v) is 8.40. The number of carbonyl (C=O) groups is 1. The molecule has 3 rings (SSSR count). The second-order valence-electron chi connectivity index (χ2n) is 6.14. The van der Waals surface area contributed by atoms with Gasteiger partial charge in [0.05, 0.1) is 11.4 Å². The molecule has 0 unspecified atom stereocenters. The number of nitrogens with zero attached hydrogens (tertiary/aromatic N) is 3. The number of pyridine rings is 1. The van der Waals surface area contributed by atoms with Crippen LogP contribution in [-0.4, -0.2) is 20.7 Å². The van der Waals surface area contributed by atoms with E-state index >= 15 is 0 Å². The molecule has 0 aliphatic heterocycles. The number of aromatic nitrogens is 3. The highest BCUT2D eigenvalue weighted by molar-refractivity contribution is 5.76. The van der Waals surface area contributed by atoms with Gasteiger partial charge in [-0.1, -0.05) is 18.2 Å². The Hall–Kier alpha value is -2.95. The van der Waals surface area contributed by atoms with Crippen LogP contribution >= 0.6 is 0 Å². The van der Waals surface area contributed by atoms with Crippen LogP contribution in [0.2, 0.25) is 0 Å². The predicted molar refractivity (Wildman–Crippen MR) is 97.4 cm³/mol. The number of hydrogen-bond acceptors (Lipinski definition) is 3. The third-order valence-electron chi connectivity index (χ3n) is 4.04. The molecule has 1 aromatic carbocycles. The number of hydrogen-bond donors (Lipinski definition) is 1. The summed E-state index contributed by atoms with van der Waals surface area (Å²) in [4.78, 5) is 16.0. The van der Waals surface area contributed by atoms with Crippen LogP contribution in [-0.2, 0) is 17.8 Å². The molecule has 25 heavy (non-hydrogen) atoms. The molecule has 0 atom stereocenters. The van der Waals surface area contributed by atoms with Gasteiger partial charge in [-0.2, -0.15) is 5.10 Å². The molecule has 5 heteroatoms. The number of amides is 1. The maximum absolute atomic E-state index is 12.0. The van der Waals surface area contributed by atoms with Crippen LogP contribution in [0.4, 0.5) is 0 Å². The van der Waals surface area contributed by atoms with Crippen molar-refractivity contribution < 1.29 is 4.79 Å². The Balaban J connectivity index is 1.51. The number of benzene rings is 1. The first kappa shape index (κ1) is 16.9. The maximum Gasteiger partial charge on any atom is 0.220 e. The predicted octanol–water partition coefficient (Wildman–Crippen LogP) is 3.13. The van der Waals surface area contributed by atoms with Gasteiger partial charge in [-0.15, -0.1) is 0 Å². The monoisotopic (exact) mass is 334 g/mol. The second-order valence-corrected chi connectivity index (χ2v) is 6.14. The molecule has 0 aliphatic carbocycles. The van der Waals surface area contributed by atoms with E-state index in [9.17, 15) is 4.79 Å². The molecule has 0 aliphatic rings. The Morgan fingerprint density at radius 1 is 1.12 bits per heavy atom. The van der Waals surface area contributed by atoms with Gasteiger partial charge in [0.15, 0.2) is 0 Å². The smallest absolute Gasteiger partial charge is 0.220 e. The topological polar surface area (TPSA) is 59.8 Å². The van der Waals surface area contributed by atoms with Crippen LogP contribution in [0, 0.1) is 13.8 Å². The highest BCUT2D eigenvalue weighted by atomic mass is 16.1. The zero-order chi connectivity index (χ0) is 17.6. The molecule has 5 nitrogen and oxygen atoms in total. The lowest BCUT2D eigenvalue weighted by molar-refractivity contribution is -0.121. The van der Waals surface area contributed by atoms with Crippen molar-refractivity contribution in [2.24, 2.45) is 0 Å². The van der Waals surface area contributed by atoms with Gasteiger partial charge >= 0.3 is 0 Å². The van der Waals surface area contributed by atoms with E-state index in [0.29, 0.717) is 13.0 Å². The summed E-state index contributed by atoms with van der Waals surface area (Å²) in [6.45, 7) is 4.55. The summed E-state index contributed by atoms with van der Waals surface area (Å²) in [7, 11) is 0. The van der Waals surface area contributed by atoms with Crippen LogP contribution in [0.15, 0.2) is 54.9 Å². The van der Waals surface area contributed by atoms with Gasteiger partial charge < -0.3 is 5.32 Å². The van der Waals surface area contributed by atoms with Crippen molar-refractivity contribution in [1.29, 1.82) is 0 Å². The fourth-order valence-electron chi connectivity index (χ4n) is 2.74. The molecule has 128 valence electrons. The first-order chi connectivity index (χ1) is 12.1.